The van der Waals surface area contributed by atoms with Crippen LogP contribution in [0.1, 0.15) is 33.3 Å². The molecule has 0 unspecified atom stereocenters. The second-order valence-electron chi connectivity index (χ2n) is 5.13. The van der Waals surface area contributed by atoms with Crippen molar-refractivity contribution < 1.29 is 9.47 Å². The van der Waals surface area contributed by atoms with Crippen LogP contribution in [0.15, 0.2) is 12.1 Å². The van der Waals surface area contributed by atoms with Gasteiger partial charge in [-0.25, -0.2) is 0 Å². The lowest BCUT2D eigenvalue weighted by Crippen LogP contribution is -2.35. The topological polar surface area (TPSA) is 30.5 Å². The molecule has 3 nitrogen and oxygen atoms in total. The van der Waals surface area contributed by atoms with Gasteiger partial charge in [0.25, 0.3) is 0 Å². The molecule has 0 aliphatic rings. The quantitative estimate of drug-likeness (QED) is 0.887. The predicted octanol–water partition coefficient (Wildman–Crippen LogP) is 3.64. The Bertz CT molecular complexity index is 400. The monoisotopic (exact) mass is 271 g/mol. The van der Waals surface area contributed by atoms with Gasteiger partial charge >= 0.3 is 0 Å². The molecule has 102 valence electrons. The molecule has 0 saturated carbocycles. The zero-order valence-electron chi connectivity index (χ0n) is 11.8. The smallest absolute Gasteiger partial charge is 0.162 e. The molecule has 0 aliphatic heterocycles. The minimum absolute atomic E-state index is 0.0507. The lowest BCUT2D eigenvalue weighted by Gasteiger charge is -2.21. The zero-order chi connectivity index (χ0) is 13.8. The van der Waals surface area contributed by atoms with Crippen molar-refractivity contribution in [1.29, 1.82) is 0 Å². The highest BCUT2D eigenvalue weighted by Crippen LogP contribution is 2.33. The molecule has 18 heavy (non-hydrogen) atoms. The molecule has 0 saturated heterocycles. The summed E-state index contributed by atoms with van der Waals surface area (Å²) in [6.45, 7) is 9.58. The van der Waals surface area contributed by atoms with Gasteiger partial charge in [0.1, 0.15) is 0 Å². The van der Waals surface area contributed by atoms with E-state index in [0.717, 1.165) is 5.56 Å². The second-order valence-corrected chi connectivity index (χ2v) is 5.54. The Morgan fingerprint density at radius 1 is 1.22 bits per heavy atom. The number of halogens is 1. The summed E-state index contributed by atoms with van der Waals surface area (Å²) >= 11 is 6.25. The summed E-state index contributed by atoms with van der Waals surface area (Å²) in [4.78, 5) is 0. The molecule has 0 aliphatic carbocycles. The van der Waals surface area contributed by atoms with Crippen LogP contribution in [0.5, 0.6) is 11.5 Å². The Labute approximate surface area is 114 Å². The summed E-state index contributed by atoms with van der Waals surface area (Å²) in [7, 11) is 1.63. The summed E-state index contributed by atoms with van der Waals surface area (Å²) in [6.07, 6.45) is 0. The predicted molar refractivity (Wildman–Crippen MR) is 75.8 cm³/mol. The van der Waals surface area contributed by atoms with Gasteiger partial charge in [0.15, 0.2) is 11.5 Å². The van der Waals surface area contributed by atoms with E-state index < -0.39 is 0 Å². The van der Waals surface area contributed by atoms with Crippen LogP contribution in [-0.4, -0.2) is 19.3 Å². The van der Waals surface area contributed by atoms with E-state index in [0.29, 0.717) is 29.7 Å². The van der Waals surface area contributed by atoms with E-state index in [4.69, 9.17) is 21.1 Å². The molecule has 1 N–H and O–H groups in total. The maximum absolute atomic E-state index is 6.25. The molecular weight excluding hydrogens is 250 g/mol. The van der Waals surface area contributed by atoms with E-state index in [2.05, 4.69) is 26.1 Å². The number of benzene rings is 1. The minimum atomic E-state index is 0.0507. The standard InChI is InChI=1S/C14H22ClNO2/c1-6-18-13-8-11(15)10(7-12(13)17-5)9-16-14(2,3)4/h7-8,16H,6,9H2,1-5H3. The summed E-state index contributed by atoms with van der Waals surface area (Å²) in [5.41, 5.74) is 1.06. The number of rotatable bonds is 5. The van der Waals surface area contributed by atoms with E-state index >= 15 is 0 Å². The lowest BCUT2D eigenvalue weighted by molar-refractivity contribution is 0.310. The molecule has 0 aromatic heterocycles. The van der Waals surface area contributed by atoms with Crippen LogP contribution in [0, 0.1) is 0 Å². The van der Waals surface area contributed by atoms with Crippen LogP contribution in [0.4, 0.5) is 0 Å². The highest BCUT2D eigenvalue weighted by atomic mass is 35.5. The third-order valence-electron chi connectivity index (χ3n) is 2.44. The SMILES string of the molecule is CCOc1cc(Cl)c(CNC(C)(C)C)cc1OC. The molecule has 1 rings (SSSR count). The van der Waals surface area contributed by atoms with Gasteiger partial charge in [0.05, 0.1) is 13.7 Å². The summed E-state index contributed by atoms with van der Waals surface area (Å²) < 4.78 is 10.8. The number of hydrogen-bond donors (Lipinski definition) is 1. The minimum Gasteiger partial charge on any atom is -0.493 e. The zero-order valence-corrected chi connectivity index (χ0v) is 12.5. The Hall–Kier alpha value is -0.930. The average molecular weight is 272 g/mol. The van der Waals surface area contributed by atoms with Crippen molar-refractivity contribution in [2.75, 3.05) is 13.7 Å². The molecule has 0 fully saturated rings. The highest BCUT2D eigenvalue weighted by molar-refractivity contribution is 6.31. The first-order chi connectivity index (χ1) is 8.37. The molecular formula is C14H22ClNO2. The van der Waals surface area contributed by atoms with E-state index in [-0.39, 0.29) is 5.54 Å². The van der Waals surface area contributed by atoms with Crippen molar-refractivity contribution in [2.45, 2.75) is 39.8 Å². The van der Waals surface area contributed by atoms with E-state index in [9.17, 15) is 0 Å². The van der Waals surface area contributed by atoms with Gasteiger partial charge in [-0.3, -0.25) is 0 Å². The van der Waals surface area contributed by atoms with Gasteiger partial charge in [-0.15, -0.1) is 0 Å². The molecule has 0 spiro atoms. The fourth-order valence-corrected chi connectivity index (χ4v) is 1.72. The van der Waals surface area contributed by atoms with Crippen LogP contribution in [0.25, 0.3) is 0 Å². The second kappa shape index (κ2) is 6.30. The van der Waals surface area contributed by atoms with Gasteiger partial charge in [-0.2, -0.15) is 0 Å². The third kappa shape index (κ3) is 4.39. The van der Waals surface area contributed by atoms with Crippen molar-refractivity contribution in [1.82, 2.24) is 5.32 Å². The van der Waals surface area contributed by atoms with Crippen LogP contribution in [0.2, 0.25) is 5.02 Å². The van der Waals surface area contributed by atoms with Crippen molar-refractivity contribution in [2.24, 2.45) is 0 Å². The number of methoxy groups -OCH3 is 1. The van der Waals surface area contributed by atoms with Gasteiger partial charge < -0.3 is 14.8 Å². The van der Waals surface area contributed by atoms with E-state index in [1.807, 2.05) is 19.1 Å². The maximum Gasteiger partial charge on any atom is 0.162 e. The molecule has 0 bridgehead atoms. The number of hydrogen-bond acceptors (Lipinski definition) is 3. The van der Waals surface area contributed by atoms with Crippen LogP contribution < -0.4 is 14.8 Å². The maximum atomic E-state index is 6.25. The van der Waals surface area contributed by atoms with Gasteiger partial charge in [-0.1, -0.05) is 11.6 Å². The van der Waals surface area contributed by atoms with Gasteiger partial charge in [0.2, 0.25) is 0 Å². The van der Waals surface area contributed by atoms with E-state index in [1.165, 1.54) is 0 Å². The Morgan fingerprint density at radius 2 is 1.89 bits per heavy atom. The largest absolute Gasteiger partial charge is 0.493 e. The van der Waals surface area contributed by atoms with Crippen molar-refractivity contribution >= 4 is 11.6 Å². The Morgan fingerprint density at radius 3 is 2.39 bits per heavy atom. The first-order valence-corrected chi connectivity index (χ1v) is 6.49. The normalized spacial score (nSPS) is 11.4. The molecule has 0 heterocycles. The lowest BCUT2D eigenvalue weighted by atomic mass is 10.1. The van der Waals surface area contributed by atoms with Crippen LogP contribution in [-0.2, 0) is 6.54 Å². The van der Waals surface area contributed by atoms with Crippen molar-refractivity contribution in [3.63, 3.8) is 0 Å². The highest BCUT2D eigenvalue weighted by Gasteiger charge is 2.13. The Kier molecular flexibility index (Phi) is 5.29. The molecule has 0 atom stereocenters. The van der Waals surface area contributed by atoms with Crippen molar-refractivity contribution in [3.05, 3.63) is 22.7 Å². The molecule has 1 aromatic rings. The fourth-order valence-electron chi connectivity index (χ4n) is 1.50. The fraction of sp³-hybridized carbons (Fsp3) is 0.571. The van der Waals surface area contributed by atoms with Crippen molar-refractivity contribution in [3.8, 4) is 11.5 Å². The summed E-state index contributed by atoms with van der Waals surface area (Å²) in [6, 6.07) is 3.73. The first kappa shape index (κ1) is 15.1. The van der Waals surface area contributed by atoms with Gasteiger partial charge in [0, 0.05) is 23.2 Å². The molecule has 1 aromatic carbocycles. The first-order valence-electron chi connectivity index (χ1n) is 6.11. The molecule has 4 heteroatoms. The van der Waals surface area contributed by atoms with E-state index in [1.54, 1.807) is 7.11 Å². The summed E-state index contributed by atoms with van der Waals surface area (Å²) in [5, 5.41) is 4.09. The van der Waals surface area contributed by atoms with Crippen LogP contribution in [0.3, 0.4) is 0 Å². The number of ether oxygens (including phenoxy) is 2. The summed E-state index contributed by atoms with van der Waals surface area (Å²) in [5.74, 6) is 1.40. The number of nitrogens with one attached hydrogen (secondary N) is 1. The van der Waals surface area contributed by atoms with Crippen LogP contribution >= 0.6 is 11.6 Å². The third-order valence-corrected chi connectivity index (χ3v) is 2.79. The van der Waals surface area contributed by atoms with Gasteiger partial charge in [-0.05, 0) is 39.3 Å². The molecule has 0 radical (unpaired) electrons. The Balaban J connectivity index is 2.93. The molecule has 0 amide bonds. The average Bonchev–Trinajstić information content (AvgIpc) is 2.27.